The molecule has 2 N–H and O–H groups in total. The Bertz CT molecular complexity index is 366. The van der Waals surface area contributed by atoms with E-state index in [4.69, 9.17) is 5.73 Å². The lowest BCUT2D eigenvalue weighted by Gasteiger charge is -2.11. The van der Waals surface area contributed by atoms with Gasteiger partial charge in [0, 0.05) is 24.3 Å². The first kappa shape index (κ1) is 14.3. The zero-order valence-electron chi connectivity index (χ0n) is 11.2. The third kappa shape index (κ3) is 4.52. The van der Waals surface area contributed by atoms with Crippen molar-refractivity contribution in [3.63, 3.8) is 0 Å². The maximum atomic E-state index is 5.91. The summed E-state index contributed by atoms with van der Waals surface area (Å²) in [6, 6.07) is 0. The van der Waals surface area contributed by atoms with Gasteiger partial charge in [0.15, 0.2) is 0 Å². The van der Waals surface area contributed by atoms with Crippen molar-refractivity contribution in [1.82, 2.24) is 14.9 Å². The third-order valence-corrected chi connectivity index (χ3v) is 3.49. The van der Waals surface area contributed by atoms with Crippen LogP contribution in [0.4, 0.5) is 5.82 Å². The fourth-order valence-electron chi connectivity index (χ4n) is 1.36. The lowest BCUT2D eigenvalue weighted by molar-refractivity contribution is 0.437. The highest BCUT2D eigenvalue weighted by molar-refractivity contribution is 7.99. The number of hydrogen-bond acceptors (Lipinski definition) is 5. The van der Waals surface area contributed by atoms with E-state index in [0.29, 0.717) is 5.82 Å². The molecule has 0 unspecified atom stereocenters. The second-order valence-corrected chi connectivity index (χ2v) is 5.44. The van der Waals surface area contributed by atoms with Gasteiger partial charge in [-0.15, -0.1) is 11.8 Å². The minimum atomic E-state index is 0.621. The van der Waals surface area contributed by atoms with Gasteiger partial charge in [-0.1, -0.05) is 6.92 Å². The molecule has 0 aliphatic rings. The number of hydrogen-bond donors (Lipinski definition) is 1. The molecule has 0 amide bonds. The van der Waals surface area contributed by atoms with Crippen LogP contribution in [0.2, 0.25) is 0 Å². The number of nitrogens with two attached hydrogens (primary N) is 1. The molecule has 0 aromatic carbocycles. The predicted octanol–water partition coefficient (Wildman–Crippen LogP) is 1.97. The molecule has 0 aliphatic carbocycles. The first-order valence-corrected chi connectivity index (χ1v) is 6.93. The van der Waals surface area contributed by atoms with Gasteiger partial charge in [0.25, 0.3) is 0 Å². The van der Waals surface area contributed by atoms with Crippen molar-refractivity contribution in [2.45, 2.75) is 31.7 Å². The SMILES string of the molecule is CCCc1nc(N)c(C)c(SCCN(C)C)n1. The Kier molecular flexibility index (Phi) is 5.71. The van der Waals surface area contributed by atoms with E-state index in [1.54, 1.807) is 11.8 Å². The Balaban J connectivity index is 2.75. The largest absolute Gasteiger partial charge is 0.383 e. The fourth-order valence-corrected chi connectivity index (χ4v) is 2.50. The van der Waals surface area contributed by atoms with Crippen molar-refractivity contribution in [2.75, 3.05) is 32.1 Å². The van der Waals surface area contributed by atoms with E-state index in [1.165, 1.54) is 0 Å². The van der Waals surface area contributed by atoms with Crippen molar-refractivity contribution in [2.24, 2.45) is 0 Å². The van der Waals surface area contributed by atoms with Gasteiger partial charge in [-0.2, -0.15) is 0 Å². The van der Waals surface area contributed by atoms with Gasteiger partial charge in [0.05, 0.1) is 0 Å². The summed E-state index contributed by atoms with van der Waals surface area (Å²) in [5, 5.41) is 1.03. The fraction of sp³-hybridized carbons (Fsp3) is 0.667. The van der Waals surface area contributed by atoms with Gasteiger partial charge in [-0.25, -0.2) is 9.97 Å². The van der Waals surface area contributed by atoms with Crippen LogP contribution in [-0.2, 0) is 6.42 Å². The van der Waals surface area contributed by atoms with E-state index in [9.17, 15) is 0 Å². The van der Waals surface area contributed by atoms with Gasteiger partial charge in [-0.05, 0) is 27.4 Å². The summed E-state index contributed by atoms with van der Waals surface area (Å²) in [5.74, 6) is 2.51. The van der Waals surface area contributed by atoms with Crippen LogP contribution >= 0.6 is 11.8 Å². The molecule has 1 aromatic rings. The van der Waals surface area contributed by atoms with E-state index < -0.39 is 0 Å². The van der Waals surface area contributed by atoms with E-state index in [1.807, 2.05) is 6.92 Å². The minimum absolute atomic E-state index is 0.621. The molecule has 0 bridgehead atoms. The topological polar surface area (TPSA) is 55.0 Å². The molecule has 96 valence electrons. The van der Waals surface area contributed by atoms with Crippen LogP contribution in [0.3, 0.4) is 0 Å². The average molecular weight is 254 g/mol. The summed E-state index contributed by atoms with van der Waals surface area (Å²) in [6.45, 7) is 5.15. The number of nitrogens with zero attached hydrogens (tertiary/aromatic N) is 3. The Morgan fingerprint density at radius 2 is 2.00 bits per heavy atom. The molecule has 1 aromatic heterocycles. The average Bonchev–Trinajstić information content (AvgIpc) is 2.24. The normalized spacial score (nSPS) is 11.1. The van der Waals surface area contributed by atoms with Gasteiger partial charge in [0.2, 0.25) is 0 Å². The van der Waals surface area contributed by atoms with Gasteiger partial charge in [-0.3, -0.25) is 0 Å². The highest BCUT2D eigenvalue weighted by Gasteiger charge is 2.08. The second-order valence-electron chi connectivity index (χ2n) is 4.36. The molecule has 1 heterocycles. The van der Waals surface area contributed by atoms with Crippen molar-refractivity contribution >= 4 is 17.6 Å². The van der Waals surface area contributed by atoms with Crippen LogP contribution in [0, 0.1) is 6.92 Å². The predicted molar refractivity (Wildman–Crippen MR) is 74.5 cm³/mol. The molecule has 1 rings (SSSR count). The zero-order valence-corrected chi connectivity index (χ0v) is 12.0. The molecule has 5 heteroatoms. The van der Waals surface area contributed by atoms with Gasteiger partial charge >= 0.3 is 0 Å². The minimum Gasteiger partial charge on any atom is -0.383 e. The first-order chi connectivity index (χ1) is 8.04. The summed E-state index contributed by atoms with van der Waals surface area (Å²) in [5.41, 5.74) is 6.92. The Morgan fingerprint density at radius 3 is 2.59 bits per heavy atom. The van der Waals surface area contributed by atoms with Crippen LogP contribution in [-0.4, -0.2) is 41.3 Å². The Hall–Kier alpha value is -0.810. The third-order valence-electron chi connectivity index (χ3n) is 2.44. The molecule has 0 atom stereocenters. The van der Waals surface area contributed by atoms with E-state index in [0.717, 1.165) is 41.6 Å². The molecular weight excluding hydrogens is 232 g/mol. The number of anilines is 1. The number of nitrogen functional groups attached to an aromatic ring is 1. The maximum Gasteiger partial charge on any atom is 0.132 e. The molecule has 0 radical (unpaired) electrons. The summed E-state index contributed by atoms with van der Waals surface area (Å²) in [4.78, 5) is 11.0. The van der Waals surface area contributed by atoms with Gasteiger partial charge < -0.3 is 10.6 Å². The second kappa shape index (κ2) is 6.81. The highest BCUT2D eigenvalue weighted by atomic mass is 32.2. The Labute approximate surface area is 108 Å². The lowest BCUT2D eigenvalue weighted by atomic mass is 10.3. The maximum absolute atomic E-state index is 5.91. The molecule has 0 saturated carbocycles. The molecule has 17 heavy (non-hydrogen) atoms. The van der Waals surface area contributed by atoms with E-state index >= 15 is 0 Å². The summed E-state index contributed by atoms with van der Waals surface area (Å²) < 4.78 is 0. The van der Waals surface area contributed by atoms with Crippen molar-refractivity contribution < 1.29 is 0 Å². The van der Waals surface area contributed by atoms with Crippen LogP contribution in [0.25, 0.3) is 0 Å². The molecule has 0 spiro atoms. The van der Waals surface area contributed by atoms with Crippen LogP contribution < -0.4 is 5.73 Å². The number of thioether (sulfide) groups is 1. The monoisotopic (exact) mass is 254 g/mol. The smallest absolute Gasteiger partial charge is 0.132 e. The van der Waals surface area contributed by atoms with Gasteiger partial charge in [0.1, 0.15) is 16.7 Å². The van der Waals surface area contributed by atoms with Crippen molar-refractivity contribution in [3.8, 4) is 0 Å². The van der Waals surface area contributed by atoms with Crippen LogP contribution in [0.5, 0.6) is 0 Å². The quantitative estimate of drug-likeness (QED) is 0.621. The van der Waals surface area contributed by atoms with Crippen LogP contribution in [0.1, 0.15) is 24.7 Å². The summed E-state index contributed by atoms with van der Waals surface area (Å²) >= 11 is 1.76. The van der Waals surface area contributed by atoms with Crippen molar-refractivity contribution in [1.29, 1.82) is 0 Å². The molecule has 4 nitrogen and oxygen atoms in total. The first-order valence-electron chi connectivity index (χ1n) is 5.95. The Morgan fingerprint density at radius 1 is 1.29 bits per heavy atom. The molecule has 0 aliphatic heterocycles. The lowest BCUT2D eigenvalue weighted by Crippen LogP contribution is -2.15. The number of aromatic nitrogens is 2. The summed E-state index contributed by atoms with van der Waals surface area (Å²) in [7, 11) is 4.15. The van der Waals surface area contributed by atoms with Crippen LogP contribution in [0.15, 0.2) is 5.03 Å². The zero-order chi connectivity index (χ0) is 12.8. The van der Waals surface area contributed by atoms with E-state index in [-0.39, 0.29) is 0 Å². The number of aryl methyl sites for hydroxylation is 1. The standard InChI is InChI=1S/C12H22N4S/c1-5-6-10-14-11(13)9(2)12(15-10)17-8-7-16(3)4/h5-8H2,1-4H3,(H2,13,14,15). The van der Waals surface area contributed by atoms with E-state index in [2.05, 4.69) is 35.9 Å². The molecule has 0 fully saturated rings. The summed E-state index contributed by atoms with van der Waals surface area (Å²) in [6.07, 6.45) is 1.94. The van der Waals surface area contributed by atoms with Crippen molar-refractivity contribution in [3.05, 3.63) is 11.4 Å². The molecule has 0 saturated heterocycles. The number of rotatable bonds is 6. The molecular formula is C12H22N4S. The highest BCUT2D eigenvalue weighted by Crippen LogP contribution is 2.23.